The Morgan fingerprint density at radius 2 is 2.22 bits per heavy atom. The van der Waals surface area contributed by atoms with E-state index in [2.05, 4.69) is 36.4 Å². The number of rotatable bonds is 2. The molecule has 3 rings (SSSR count). The van der Waals surface area contributed by atoms with Crippen molar-refractivity contribution in [2.24, 2.45) is 0 Å². The Morgan fingerprint density at radius 1 is 1.33 bits per heavy atom. The largest absolute Gasteiger partial charge is 0.333 e. The first-order valence-electron chi connectivity index (χ1n) is 5.88. The molecule has 0 spiro atoms. The van der Waals surface area contributed by atoms with Crippen molar-refractivity contribution < 1.29 is 0 Å². The van der Waals surface area contributed by atoms with Gasteiger partial charge in [-0.15, -0.1) is 0 Å². The molecule has 0 saturated carbocycles. The Hall–Kier alpha value is -0.840. The molecule has 0 unspecified atom stereocenters. The molecule has 0 bridgehead atoms. The second-order valence-corrected chi connectivity index (χ2v) is 5.81. The van der Waals surface area contributed by atoms with Crippen LogP contribution < -0.4 is 0 Å². The summed E-state index contributed by atoms with van der Waals surface area (Å²) in [5, 5.41) is 0.818. The highest BCUT2D eigenvalue weighted by Gasteiger charge is 2.17. The van der Waals surface area contributed by atoms with E-state index in [0.717, 1.165) is 41.5 Å². The molecule has 1 aliphatic rings. The van der Waals surface area contributed by atoms with E-state index in [0.29, 0.717) is 0 Å². The molecule has 2 heterocycles. The Bertz CT molecular complexity index is 567. The SMILES string of the molecule is Clc1cc(Br)ccc1CN1CCn2ccnc2C1. The van der Waals surface area contributed by atoms with Gasteiger partial charge in [-0.25, -0.2) is 4.98 Å². The van der Waals surface area contributed by atoms with Crippen molar-refractivity contribution in [2.45, 2.75) is 19.6 Å². The molecule has 1 aliphatic heterocycles. The topological polar surface area (TPSA) is 21.1 Å². The second-order valence-electron chi connectivity index (χ2n) is 4.48. The standard InChI is InChI=1S/C13H13BrClN3/c14-11-2-1-10(12(15)7-11)8-17-5-6-18-4-3-16-13(18)9-17/h1-4,7H,5-6,8-9H2. The summed E-state index contributed by atoms with van der Waals surface area (Å²) in [4.78, 5) is 6.74. The first-order chi connectivity index (χ1) is 8.72. The van der Waals surface area contributed by atoms with Crippen molar-refractivity contribution in [3.8, 4) is 0 Å². The van der Waals surface area contributed by atoms with Crippen molar-refractivity contribution in [2.75, 3.05) is 6.54 Å². The lowest BCUT2D eigenvalue weighted by Crippen LogP contribution is -2.33. The van der Waals surface area contributed by atoms with Crippen molar-refractivity contribution in [3.63, 3.8) is 0 Å². The summed E-state index contributed by atoms with van der Waals surface area (Å²) in [7, 11) is 0. The number of aromatic nitrogens is 2. The predicted molar refractivity (Wildman–Crippen MR) is 75.5 cm³/mol. The minimum Gasteiger partial charge on any atom is -0.333 e. The van der Waals surface area contributed by atoms with E-state index < -0.39 is 0 Å². The van der Waals surface area contributed by atoms with Gasteiger partial charge in [-0.1, -0.05) is 33.6 Å². The normalized spacial score (nSPS) is 15.7. The summed E-state index contributed by atoms with van der Waals surface area (Å²) in [6.45, 7) is 3.80. The summed E-state index contributed by atoms with van der Waals surface area (Å²) < 4.78 is 3.23. The molecule has 0 saturated heterocycles. The van der Waals surface area contributed by atoms with Gasteiger partial charge < -0.3 is 4.57 Å². The molecule has 0 atom stereocenters. The Kier molecular flexibility index (Phi) is 3.41. The maximum Gasteiger partial charge on any atom is 0.122 e. The zero-order chi connectivity index (χ0) is 12.5. The van der Waals surface area contributed by atoms with Crippen LogP contribution >= 0.6 is 27.5 Å². The molecule has 0 amide bonds. The van der Waals surface area contributed by atoms with E-state index in [1.165, 1.54) is 5.56 Å². The fourth-order valence-electron chi connectivity index (χ4n) is 2.25. The lowest BCUT2D eigenvalue weighted by molar-refractivity contribution is 0.209. The minimum atomic E-state index is 0.818. The molecule has 1 aromatic carbocycles. The van der Waals surface area contributed by atoms with E-state index in [1.54, 1.807) is 0 Å². The zero-order valence-electron chi connectivity index (χ0n) is 9.81. The van der Waals surface area contributed by atoms with E-state index >= 15 is 0 Å². The second kappa shape index (κ2) is 5.03. The van der Waals surface area contributed by atoms with Crippen LogP contribution in [0.15, 0.2) is 35.1 Å². The van der Waals surface area contributed by atoms with Crippen LogP contribution in [0.2, 0.25) is 5.02 Å². The molecule has 0 fully saturated rings. The highest BCUT2D eigenvalue weighted by molar-refractivity contribution is 9.10. The van der Waals surface area contributed by atoms with Crippen LogP contribution in [0.5, 0.6) is 0 Å². The highest BCUT2D eigenvalue weighted by Crippen LogP contribution is 2.23. The summed E-state index contributed by atoms with van der Waals surface area (Å²) in [6.07, 6.45) is 3.91. The minimum absolute atomic E-state index is 0.818. The number of halogens is 2. The lowest BCUT2D eigenvalue weighted by Gasteiger charge is -2.27. The Morgan fingerprint density at radius 3 is 3.06 bits per heavy atom. The van der Waals surface area contributed by atoms with Crippen LogP contribution in [-0.2, 0) is 19.6 Å². The van der Waals surface area contributed by atoms with Gasteiger partial charge in [0.1, 0.15) is 5.82 Å². The molecule has 1 aromatic heterocycles. The monoisotopic (exact) mass is 325 g/mol. The van der Waals surface area contributed by atoms with Crippen molar-refractivity contribution in [1.29, 1.82) is 0 Å². The summed E-state index contributed by atoms with van der Waals surface area (Å²) >= 11 is 9.68. The van der Waals surface area contributed by atoms with E-state index in [4.69, 9.17) is 11.6 Å². The number of fused-ring (bicyclic) bond motifs is 1. The quantitative estimate of drug-likeness (QED) is 0.844. The molecule has 94 valence electrons. The molecule has 0 radical (unpaired) electrons. The van der Waals surface area contributed by atoms with Gasteiger partial charge >= 0.3 is 0 Å². The maximum atomic E-state index is 6.25. The van der Waals surface area contributed by atoms with Gasteiger partial charge in [0.2, 0.25) is 0 Å². The van der Waals surface area contributed by atoms with Gasteiger partial charge in [0.05, 0.1) is 6.54 Å². The number of hydrogen-bond donors (Lipinski definition) is 0. The van der Waals surface area contributed by atoms with E-state index in [1.807, 2.05) is 24.5 Å². The molecular formula is C13H13BrClN3. The first kappa shape index (κ1) is 12.2. The number of nitrogens with zero attached hydrogens (tertiary/aromatic N) is 3. The zero-order valence-corrected chi connectivity index (χ0v) is 12.2. The van der Waals surface area contributed by atoms with Gasteiger partial charge in [0, 0.05) is 41.5 Å². The van der Waals surface area contributed by atoms with Gasteiger partial charge in [-0.05, 0) is 17.7 Å². The fourth-order valence-corrected chi connectivity index (χ4v) is 2.98. The molecule has 0 N–H and O–H groups in total. The highest BCUT2D eigenvalue weighted by atomic mass is 79.9. The van der Waals surface area contributed by atoms with Gasteiger partial charge in [-0.2, -0.15) is 0 Å². The predicted octanol–water partition coefficient (Wildman–Crippen LogP) is 3.31. The van der Waals surface area contributed by atoms with Gasteiger partial charge in [-0.3, -0.25) is 4.90 Å². The van der Waals surface area contributed by atoms with E-state index in [-0.39, 0.29) is 0 Å². The Labute approximate surface area is 120 Å². The van der Waals surface area contributed by atoms with Crippen LogP contribution in [0.4, 0.5) is 0 Å². The lowest BCUT2D eigenvalue weighted by atomic mass is 10.2. The smallest absolute Gasteiger partial charge is 0.122 e. The number of hydrogen-bond acceptors (Lipinski definition) is 2. The fraction of sp³-hybridized carbons (Fsp3) is 0.308. The Balaban J connectivity index is 1.74. The van der Waals surface area contributed by atoms with Crippen LogP contribution in [0.25, 0.3) is 0 Å². The summed E-state index contributed by atoms with van der Waals surface area (Å²) in [5.74, 6) is 1.13. The number of benzene rings is 1. The third-order valence-corrected chi connectivity index (χ3v) is 4.08. The van der Waals surface area contributed by atoms with Crippen LogP contribution in [0.1, 0.15) is 11.4 Å². The molecule has 3 nitrogen and oxygen atoms in total. The third kappa shape index (κ3) is 2.46. The molecule has 18 heavy (non-hydrogen) atoms. The molecule has 0 aliphatic carbocycles. The van der Waals surface area contributed by atoms with Crippen LogP contribution in [0, 0.1) is 0 Å². The van der Waals surface area contributed by atoms with E-state index in [9.17, 15) is 0 Å². The molecule has 2 aromatic rings. The summed E-state index contributed by atoms with van der Waals surface area (Å²) in [6, 6.07) is 6.06. The van der Waals surface area contributed by atoms with Crippen LogP contribution in [-0.4, -0.2) is 21.0 Å². The van der Waals surface area contributed by atoms with Crippen molar-refractivity contribution in [3.05, 3.63) is 51.5 Å². The summed E-state index contributed by atoms with van der Waals surface area (Å²) in [5.41, 5.74) is 1.17. The average Bonchev–Trinajstić information content (AvgIpc) is 2.80. The molecule has 5 heteroatoms. The maximum absolute atomic E-state index is 6.25. The van der Waals surface area contributed by atoms with Gasteiger partial charge in [0.25, 0.3) is 0 Å². The van der Waals surface area contributed by atoms with Gasteiger partial charge in [0.15, 0.2) is 0 Å². The third-order valence-electron chi connectivity index (χ3n) is 3.23. The van der Waals surface area contributed by atoms with Crippen molar-refractivity contribution >= 4 is 27.5 Å². The average molecular weight is 327 g/mol. The molecular weight excluding hydrogens is 314 g/mol. The number of imidazole rings is 1. The van der Waals surface area contributed by atoms with Crippen molar-refractivity contribution in [1.82, 2.24) is 14.5 Å². The first-order valence-corrected chi connectivity index (χ1v) is 7.06. The van der Waals surface area contributed by atoms with Crippen LogP contribution in [0.3, 0.4) is 0 Å².